The second kappa shape index (κ2) is 7.04. The first-order valence-corrected chi connectivity index (χ1v) is 7.46. The number of carboxylic acids is 1. The minimum atomic E-state index is -0.717. The fraction of sp³-hybridized carbons (Fsp3) is 0.857. The van der Waals surface area contributed by atoms with Gasteiger partial charge in [-0.25, -0.2) is 0 Å². The zero-order chi connectivity index (χ0) is 14.5. The van der Waals surface area contributed by atoms with E-state index in [1.165, 1.54) is 0 Å². The van der Waals surface area contributed by atoms with Crippen molar-refractivity contribution in [3.63, 3.8) is 0 Å². The highest BCUT2D eigenvalue weighted by atomic mass is 16.5. The highest BCUT2D eigenvalue weighted by Crippen LogP contribution is 2.25. The molecule has 2 unspecified atom stereocenters. The van der Waals surface area contributed by atoms with Crippen molar-refractivity contribution in [1.82, 2.24) is 10.6 Å². The van der Waals surface area contributed by atoms with Crippen molar-refractivity contribution in [2.75, 3.05) is 19.8 Å². The van der Waals surface area contributed by atoms with Gasteiger partial charge in [0.1, 0.15) is 0 Å². The van der Waals surface area contributed by atoms with E-state index in [9.17, 15) is 9.59 Å². The smallest absolute Gasteiger partial charge is 0.306 e. The minimum Gasteiger partial charge on any atom is -0.481 e. The lowest BCUT2D eigenvalue weighted by Crippen LogP contribution is -2.47. The molecule has 2 rings (SSSR count). The maximum atomic E-state index is 12.3. The van der Waals surface area contributed by atoms with Gasteiger partial charge in [-0.2, -0.15) is 0 Å². The molecule has 6 heteroatoms. The van der Waals surface area contributed by atoms with Crippen LogP contribution in [0.15, 0.2) is 0 Å². The molecule has 20 heavy (non-hydrogen) atoms. The van der Waals surface area contributed by atoms with Crippen LogP contribution < -0.4 is 10.6 Å². The summed E-state index contributed by atoms with van der Waals surface area (Å²) in [6, 6.07) is 0.205. The summed E-state index contributed by atoms with van der Waals surface area (Å²) in [5.74, 6) is -1.06. The van der Waals surface area contributed by atoms with Crippen molar-refractivity contribution >= 4 is 11.9 Å². The summed E-state index contributed by atoms with van der Waals surface area (Å²) in [4.78, 5) is 23.2. The molecule has 0 aromatic rings. The standard InChI is InChI=1S/C14H24N2O4/c1-2-15-12-8-20-7-11(12)13(17)16-10-5-3-9(4-6-10)14(18)19/h9-12,15H,2-8H2,1H3,(H,16,17)(H,18,19). The van der Waals surface area contributed by atoms with Crippen LogP contribution in [0.25, 0.3) is 0 Å². The normalized spacial score (nSPS) is 33.9. The number of aliphatic carboxylic acids is 1. The predicted octanol–water partition coefficient (Wildman–Crippen LogP) is 0.371. The van der Waals surface area contributed by atoms with Crippen molar-refractivity contribution in [3.05, 3.63) is 0 Å². The molecule has 0 bridgehead atoms. The van der Waals surface area contributed by atoms with Crippen molar-refractivity contribution in [3.8, 4) is 0 Å². The van der Waals surface area contributed by atoms with Gasteiger partial charge in [0.15, 0.2) is 0 Å². The first-order valence-electron chi connectivity index (χ1n) is 7.46. The number of carboxylic acid groups (broad SMARTS) is 1. The van der Waals surface area contributed by atoms with E-state index in [1.807, 2.05) is 6.92 Å². The quantitative estimate of drug-likeness (QED) is 0.679. The molecular weight excluding hydrogens is 260 g/mol. The molecule has 6 nitrogen and oxygen atoms in total. The van der Waals surface area contributed by atoms with E-state index in [4.69, 9.17) is 9.84 Å². The number of nitrogens with one attached hydrogen (secondary N) is 2. The monoisotopic (exact) mass is 284 g/mol. The molecule has 0 spiro atoms. The first kappa shape index (κ1) is 15.3. The lowest BCUT2D eigenvalue weighted by Gasteiger charge is -2.28. The summed E-state index contributed by atoms with van der Waals surface area (Å²) >= 11 is 0. The van der Waals surface area contributed by atoms with Gasteiger partial charge in [0.2, 0.25) is 5.91 Å². The molecule has 0 radical (unpaired) electrons. The number of hydrogen-bond donors (Lipinski definition) is 3. The van der Waals surface area contributed by atoms with Gasteiger partial charge >= 0.3 is 5.97 Å². The van der Waals surface area contributed by atoms with Gasteiger partial charge in [0, 0.05) is 12.1 Å². The predicted molar refractivity (Wildman–Crippen MR) is 73.3 cm³/mol. The summed E-state index contributed by atoms with van der Waals surface area (Å²) in [6.07, 6.45) is 2.81. The third kappa shape index (κ3) is 3.70. The Labute approximate surface area is 119 Å². The second-order valence-electron chi connectivity index (χ2n) is 5.70. The Morgan fingerprint density at radius 3 is 2.50 bits per heavy atom. The zero-order valence-corrected chi connectivity index (χ0v) is 11.9. The molecule has 1 aliphatic carbocycles. The fourth-order valence-corrected chi connectivity index (χ4v) is 3.07. The molecule has 2 atom stereocenters. The summed E-state index contributed by atoms with van der Waals surface area (Å²) in [7, 11) is 0. The Morgan fingerprint density at radius 2 is 1.90 bits per heavy atom. The van der Waals surface area contributed by atoms with Crippen LogP contribution in [0.3, 0.4) is 0 Å². The number of carbonyl (C=O) groups is 2. The Kier molecular flexibility index (Phi) is 5.37. The summed E-state index contributed by atoms with van der Waals surface area (Å²) in [5.41, 5.74) is 0. The average Bonchev–Trinajstić information content (AvgIpc) is 2.88. The molecule has 1 amide bonds. The SMILES string of the molecule is CCNC1COCC1C(=O)NC1CCC(C(=O)O)CC1. The molecule has 114 valence electrons. The highest BCUT2D eigenvalue weighted by molar-refractivity contribution is 5.80. The van der Waals surface area contributed by atoms with Crippen molar-refractivity contribution in [2.24, 2.45) is 11.8 Å². The summed E-state index contributed by atoms with van der Waals surface area (Å²) < 4.78 is 5.38. The highest BCUT2D eigenvalue weighted by Gasteiger charge is 2.35. The average molecular weight is 284 g/mol. The zero-order valence-electron chi connectivity index (χ0n) is 11.9. The summed E-state index contributed by atoms with van der Waals surface area (Å²) in [5, 5.41) is 15.3. The van der Waals surface area contributed by atoms with Crippen LogP contribution in [0.1, 0.15) is 32.6 Å². The first-order chi connectivity index (χ1) is 9.61. The van der Waals surface area contributed by atoms with E-state index in [1.54, 1.807) is 0 Å². The van der Waals surface area contributed by atoms with E-state index in [0.29, 0.717) is 26.1 Å². The number of ether oxygens (including phenoxy) is 1. The third-order valence-corrected chi connectivity index (χ3v) is 4.31. The molecular formula is C14H24N2O4. The third-order valence-electron chi connectivity index (χ3n) is 4.31. The molecule has 1 saturated heterocycles. The number of hydrogen-bond acceptors (Lipinski definition) is 4. The molecule has 1 aliphatic heterocycles. The van der Waals surface area contributed by atoms with Crippen molar-refractivity contribution in [1.29, 1.82) is 0 Å². The van der Waals surface area contributed by atoms with Crippen LogP contribution >= 0.6 is 0 Å². The van der Waals surface area contributed by atoms with E-state index in [0.717, 1.165) is 19.4 Å². The Bertz CT molecular complexity index is 353. The van der Waals surface area contributed by atoms with Crippen LogP contribution in [0.4, 0.5) is 0 Å². The van der Waals surface area contributed by atoms with E-state index in [-0.39, 0.29) is 29.8 Å². The maximum Gasteiger partial charge on any atom is 0.306 e. The fourth-order valence-electron chi connectivity index (χ4n) is 3.07. The lowest BCUT2D eigenvalue weighted by molar-refractivity contribution is -0.142. The molecule has 1 heterocycles. The van der Waals surface area contributed by atoms with Crippen molar-refractivity contribution < 1.29 is 19.4 Å². The lowest BCUT2D eigenvalue weighted by atomic mass is 9.86. The molecule has 0 aromatic heterocycles. The molecule has 1 saturated carbocycles. The van der Waals surface area contributed by atoms with Gasteiger partial charge < -0.3 is 20.5 Å². The van der Waals surface area contributed by atoms with Crippen LogP contribution in [-0.2, 0) is 14.3 Å². The van der Waals surface area contributed by atoms with Gasteiger partial charge in [-0.05, 0) is 32.2 Å². The topological polar surface area (TPSA) is 87.7 Å². The Balaban J connectivity index is 1.79. The molecule has 2 fully saturated rings. The van der Waals surface area contributed by atoms with Gasteiger partial charge in [-0.15, -0.1) is 0 Å². The van der Waals surface area contributed by atoms with E-state index >= 15 is 0 Å². The number of rotatable bonds is 5. The van der Waals surface area contributed by atoms with E-state index < -0.39 is 5.97 Å². The Morgan fingerprint density at radius 1 is 1.20 bits per heavy atom. The number of amides is 1. The number of likely N-dealkylation sites (N-methyl/N-ethyl adjacent to an activating group) is 1. The van der Waals surface area contributed by atoms with Gasteiger partial charge in [0.05, 0.1) is 25.0 Å². The van der Waals surface area contributed by atoms with Crippen LogP contribution in [0, 0.1) is 11.8 Å². The van der Waals surface area contributed by atoms with Crippen LogP contribution in [0.2, 0.25) is 0 Å². The number of carbonyl (C=O) groups excluding carboxylic acids is 1. The van der Waals surface area contributed by atoms with Crippen LogP contribution in [-0.4, -0.2) is 48.8 Å². The minimum absolute atomic E-state index is 0.0345. The van der Waals surface area contributed by atoms with Crippen LogP contribution in [0.5, 0.6) is 0 Å². The van der Waals surface area contributed by atoms with Gasteiger partial charge in [-0.3, -0.25) is 9.59 Å². The van der Waals surface area contributed by atoms with Gasteiger partial charge in [0.25, 0.3) is 0 Å². The van der Waals surface area contributed by atoms with E-state index in [2.05, 4.69) is 10.6 Å². The largest absolute Gasteiger partial charge is 0.481 e. The Hall–Kier alpha value is -1.14. The second-order valence-corrected chi connectivity index (χ2v) is 5.70. The van der Waals surface area contributed by atoms with Crippen molar-refractivity contribution in [2.45, 2.75) is 44.7 Å². The maximum absolute atomic E-state index is 12.3. The molecule has 2 aliphatic rings. The summed E-state index contributed by atoms with van der Waals surface area (Å²) in [6.45, 7) is 3.88. The molecule has 3 N–H and O–H groups in total. The molecule has 0 aromatic carbocycles. The van der Waals surface area contributed by atoms with Gasteiger partial charge in [-0.1, -0.05) is 6.92 Å².